The second kappa shape index (κ2) is 7.49. The average molecular weight is 293 g/mol. The highest BCUT2D eigenvalue weighted by Crippen LogP contribution is 2.53. The van der Waals surface area contributed by atoms with Gasteiger partial charge in [0.1, 0.15) is 0 Å². The number of unbranched alkanes of at least 4 members (excludes halogenated alkanes) is 1. The molecule has 0 amide bonds. The molecule has 0 aromatic carbocycles. The third-order valence-electron chi connectivity index (χ3n) is 7.03. The van der Waals surface area contributed by atoms with E-state index in [4.69, 9.17) is 4.74 Å². The lowest BCUT2D eigenvalue weighted by Crippen LogP contribution is -2.42. The first-order chi connectivity index (χ1) is 10.3. The van der Waals surface area contributed by atoms with Gasteiger partial charge in [-0.3, -0.25) is 0 Å². The Morgan fingerprint density at radius 3 is 2.24 bits per heavy atom. The van der Waals surface area contributed by atoms with Gasteiger partial charge in [-0.05, 0) is 81.0 Å². The predicted octanol–water partition coefficient (Wildman–Crippen LogP) is 5.82. The summed E-state index contributed by atoms with van der Waals surface area (Å²) in [5, 5.41) is 0. The van der Waals surface area contributed by atoms with Crippen molar-refractivity contribution in [3.63, 3.8) is 0 Å². The van der Waals surface area contributed by atoms with E-state index in [-0.39, 0.29) is 0 Å². The molecule has 3 aliphatic rings. The van der Waals surface area contributed by atoms with Gasteiger partial charge in [0, 0.05) is 6.61 Å². The lowest BCUT2D eigenvalue weighted by atomic mass is 9.56. The monoisotopic (exact) mass is 292 g/mol. The van der Waals surface area contributed by atoms with Gasteiger partial charge in [-0.25, -0.2) is 0 Å². The summed E-state index contributed by atoms with van der Waals surface area (Å²) >= 11 is 0. The van der Waals surface area contributed by atoms with Crippen LogP contribution < -0.4 is 0 Å². The molecule has 0 heterocycles. The van der Waals surface area contributed by atoms with E-state index in [9.17, 15) is 0 Å². The maximum atomic E-state index is 6.14. The summed E-state index contributed by atoms with van der Waals surface area (Å²) in [6, 6.07) is 0. The van der Waals surface area contributed by atoms with Crippen LogP contribution in [-0.2, 0) is 4.74 Å². The lowest BCUT2D eigenvalue weighted by Gasteiger charge is -2.50. The summed E-state index contributed by atoms with van der Waals surface area (Å²) in [6.45, 7) is 5.66. The van der Waals surface area contributed by atoms with E-state index in [0.29, 0.717) is 6.10 Å². The first kappa shape index (κ1) is 15.8. The lowest BCUT2D eigenvalue weighted by molar-refractivity contribution is -0.0534. The van der Waals surface area contributed by atoms with Crippen LogP contribution in [0.25, 0.3) is 0 Å². The summed E-state index contributed by atoms with van der Waals surface area (Å²) in [7, 11) is 0. The quantitative estimate of drug-likeness (QED) is 0.580. The molecule has 0 N–H and O–H groups in total. The molecular formula is C20H36O. The Hall–Kier alpha value is -0.0400. The van der Waals surface area contributed by atoms with Gasteiger partial charge >= 0.3 is 0 Å². The number of rotatable bonds is 5. The molecule has 0 bridgehead atoms. The van der Waals surface area contributed by atoms with Crippen LogP contribution in [0, 0.1) is 29.6 Å². The van der Waals surface area contributed by atoms with Crippen LogP contribution in [0.1, 0.15) is 84.5 Å². The minimum absolute atomic E-state index is 0.598. The van der Waals surface area contributed by atoms with Gasteiger partial charge in [-0.2, -0.15) is 0 Å². The molecule has 4 unspecified atom stereocenters. The van der Waals surface area contributed by atoms with Crippen molar-refractivity contribution in [3.05, 3.63) is 0 Å². The predicted molar refractivity (Wildman–Crippen MR) is 89.3 cm³/mol. The van der Waals surface area contributed by atoms with E-state index in [0.717, 1.165) is 36.2 Å². The molecule has 3 aliphatic carbocycles. The highest BCUT2D eigenvalue weighted by Gasteiger charge is 2.44. The molecule has 0 aliphatic heterocycles. The smallest absolute Gasteiger partial charge is 0.0578 e. The molecule has 1 heteroatoms. The zero-order chi connectivity index (χ0) is 14.7. The molecule has 122 valence electrons. The number of fused-ring (bicyclic) bond motifs is 3. The zero-order valence-electron chi connectivity index (χ0n) is 14.4. The van der Waals surface area contributed by atoms with Gasteiger partial charge in [-0.1, -0.05) is 33.1 Å². The first-order valence-corrected chi connectivity index (χ1v) is 9.93. The molecular weight excluding hydrogens is 256 g/mol. The third-order valence-corrected chi connectivity index (χ3v) is 7.03. The van der Waals surface area contributed by atoms with E-state index in [2.05, 4.69) is 13.8 Å². The number of ether oxygens (including phenoxy) is 1. The minimum atomic E-state index is 0.598. The molecule has 0 aromatic heterocycles. The summed E-state index contributed by atoms with van der Waals surface area (Å²) in [4.78, 5) is 0. The molecule has 3 saturated carbocycles. The van der Waals surface area contributed by atoms with Crippen molar-refractivity contribution in [3.8, 4) is 0 Å². The normalized spacial score (nSPS) is 43.1. The second-order valence-electron chi connectivity index (χ2n) is 8.17. The van der Waals surface area contributed by atoms with E-state index in [1.165, 1.54) is 57.8 Å². The summed E-state index contributed by atoms with van der Waals surface area (Å²) < 4.78 is 6.14. The van der Waals surface area contributed by atoms with Gasteiger partial charge in [0.15, 0.2) is 0 Å². The van der Waals surface area contributed by atoms with Gasteiger partial charge in [-0.15, -0.1) is 0 Å². The standard InChI is InChI=1S/C20H36O/c1-3-5-12-21-18-9-11-20-17(14-18)8-7-16-13-15(4-2)6-10-19(16)20/h15-20H,3-14H2,1-2H3/t15-,16?,17?,18-,19?,20?/m0/s1. The largest absolute Gasteiger partial charge is 0.378 e. The Morgan fingerprint density at radius 2 is 1.52 bits per heavy atom. The number of hydrogen-bond donors (Lipinski definition) is 0. The van der Waals surface area contributed by atoms with Crippen molar-refractivity contribution in [2.45, 2.75) is 90.6 Å². The highest BCUT2D eigenvalue weighted by atomic mass is 16.5. The number of hydrogen-bond acceptors (Lipinski definition) is 1. The first-order valence-electron chi connectivity index (χ1n) is 9.93. The Labute approximate surface area is 132 Å². The molecule has 0 saturated heterocycles. The van der Waals surface area contributed by atoms with Gasteiger partial charge in [0.05, 0.1) is 6.10 Å². The van der Waals surface area contributed by atoms with Crippen LogP contribution in [0.2, 0.25) is 0 Å². The SMILES string of the molecule is CCCCO[C@H]1CCC2C(CCC3C[C@@H](CC)CCC32)C1. The van der Waals surface area contributed by atoms with Crippen molar-refractivity contribution in [1.82, 2.24) is 0 Å². The fourth-order valence-electron chi connectivity index (χ4n) is 5.76. The van der Waals surface area contributed by atoms with Crippen LogP contribution in [0.5, 0.6) is 0 Å². The van der Waals surface area contributed by atoms with Crippen molar-refractivity contribution in [2.75, 3.05) is 6.61 Å². The fraction of sp³-hybridized carbons (Fsp3) is 1.00. The van der Waals surface area contributed by atoms with Gasteiger partial charge < -0.3 is 4.74 Å². The molecule has 1 nitrogen and oxygen atoms in total. The van der Waals surface area contributed by atoms with Crippen molar-refractivity contribution >= 4 is 0 Å². The van der Waals surface area contributed by atoms with E-state index >= 15 is 0 Å². The van der Waals surface area contributed by atoms with E-state index < -0.39 is 0 Å². The Bertz CT molecular complexity index is 313. The van der Waals surface area contributed by atoms with Crippen LogP contribution in [0.3, 0.4) is 0 Å². The third kappa shape index (κ3) is 3.66. The van der Waals surface area contributed by atoms with Crippen LogP contribution in [-0.4, -0.2) is 12.7 Å². The molecule has 0 aromatic rings. The zero-order valence-corrected chi connectivity index (χ0v) is 14.4. The molecule has 21 heavy (non-hydrogen) atoms. The second-order valence-corrected chi connectivity index (χ2v) is 8.17. The Balaban J connectivity index is 1.52. The summed E-state index contributed by atoms with van der Waals surface area (Å²) in [5.41, 5.74) is 0. The highest BCUT2D eigenvalue weighted by molar-refractivity contribution is 4.94. The maximum Gasteiger partial charge on any atom is 0.0578 e. The molecule has 0 radical (unpaired) electrons. The van der Waals surface area contributed by atoms with Crippen molar-refractivity contribution in [2.24, 2.45) is 29.6 Å². The van der Waals surface area contributed by atoms with Gasteiger partial charge in [0.25, 0.3) is 0 Å². The topological polar surface area (TPSA) is 9.23 Å². The summed E-state index contributed by atoms with van der Waals surface area (Å²) in [6.07, 6.45) is 16.4. The van der Waals surface area contributed by atoms with Crippen LogP contribution in [0.15, 0.2) is 0 Å². The van der Waals surface area contributed by atoms with Crippen molar-refractivity contribution in [1.29, 1.82) is 0 Å². The minimum Gasteiger partial charge on any atom is -0.378 e. The van der Waals surface area contributed by atoms with Crippen LogP contribution >= 0.6 is 0 Å². The Morgan fingerprint density at radius 1 is 0.810 bits per heavy atom. The summed E-state index contributed by atoms with van der Waals surface area (Å²) in [5.74, 6) is 5.29. The van der Waals surface area contributed by atoms with E-state index in [1.54, 1.807) is 12.8 Å². The average Bonchev–Trinajstić information content (AvgIpc) is 2.54. The molecule has 0 spiro atoms. The fourth-order valence-corrected chi connectivity index (χ4v) is 5.76. The van der Waals surface area contributed by atoms with Crippen LogP contribution in [0.4, 0.5) is 0 Å². The maximum absolute atomic E-state index is 6.14. The molecule has 6 atom stereocenters. The molecule has 3 rings (SSSR count). The molecule has 3 fully saturated rings. The van der Waals surface area contributed by atoms with Gasteiger partial charge in [0.2, 0.25) is 0 Å². The van der Waals surface area contributed by atoms with E-state index in [1.807, 2.05) is 0 Å². The Kier molecular flexibility index (Phi) is 5.65. The van der Waals surface area contributed by atoms with Crippen molar-refractivity contribution < 1.29 is 4.74 Å².